The van der Waals surface area contributed by atoms with Crippen LogP contribution in [-0.2, 0) is 16.1 Å². The van der Waals surface area contributed by atoms with E-state index in [-0.39, 0.29) is 18.8 Å². The van der Waals surface area contributed by atoms with E-state index in [4.69, 9.17) is 5.11 Å². The van der Waals surface area contributed by atoms with E-state index in [0.717, 1.165) is 27.8 Å². The standard InChI is InChI=1S/C21H24FNO4/c1-12-6-13(2)18(11-23-20(25)9-16(24)10-21(26)27)17(7-12)15-4-5-19(22)14(3)8-15/h4-8,16,24H,9-11H2,1-3H3,(H,23,25)(H,26,27). The highest BCUT2D eigenvalue weighted by Gasteiger charge is 2.16. The van der Waals surface area contributed by atoms with Gasteiger partial charge in [-0.15, -0.1) is 0 Å². The molecule has 0 radical (unpaired) electrons. The Labute approximate surface area is 157 Å². The van der Waals surface area contributed by atoms with Crippen molar-refractivity contribution in [2.24, 2.45) is 0 Å². The molecule has 1 atom stereocenters. The number of aryl methyl sites for hydroxylation is 3. The summed E-state index contributed by atoms with van der Waals surface area (Å²) in [5, 5.41) is 21.0. The van der Waals surface area contributed by atoms with Gasteiger partial charge in [0.25, 0.3) is 0 Å². The quantitative estimate of drug-likeness (QED) is 0.695. The molecule has 0 aromatic heterocycles. The molecule has 144 valence electrons. The molecule has 2 aromatic rings. The number of carboxylic acids is 1. The number of benzene rings is 2. The van der Waals surface area contributed by atoms with E-state index in [1.165, 1.54) is 6.07 Å². The molecular weight excluding hydrogens is 349 g/mol. The average Bonchev–Trinajstić information content (AvgIpc) is 2.55. The molecule has 0 spiro atoms. The first-order valence-electron chi connectivity index (χ1n) is 8.70. The van der Waals surface area contributed by atoms with Crippen molar-refractivity contribution in [3.05, 3.63) is 58.4 Å². The van der Waals surface area contributed by atoms with Crippen molar-refractivity contribution in [3.63, 3.8) is 0 Å². The van der Waals surface area contributed by atoms with Crippen LogP contribution in [0.1, 0.15) is 35.1 Å². The monoisotopic (exact) mass is 373 g/mol. The zero-order chi connectivity index (χ0) is 20.1. The first kappa shape index (κ1) is 20.6. The summed E-state index contributed by atoms with van der Waals surface area (Å²) < 4.78 is 13.6. The zero-order valence-corrected chi connectivity index (χ0v) is 15.7. The summed E-state index contributed by atoms with van der Waals surface area (Å²) in [4.78, 5) is 22.6. The Balaban J connectivity index is 2.22. The average molecular weight is 373 g/mol. The van der Waals surface area contributed by atoms with Gasteiger partial charge in [0.1, 0.15) is 5.82 Å². The maximum atomic E-state index is 13.6. The van der Waals surface area contributed by atoms with Crippen molar-refractivity contribution in [1.82, 2.24) is 5.32 Å². The molecule has 27 heavy (non-hydrogen) atoms. The van der Waals surface area contributed by atoms with Crippen molar-refractivity contribution >= 4 is 11.9 Å². The van der Waals surface area contributed by atoms with Crippen molar-refractivity contribution < 1.29 is 24.2 Å². The Morgan fingerprint density at radius 1 is 1.07 bits per heavy atom. The number of rotatable bonds is 7. The van der Waals surface area contributed by atoms with E-state index >= 15 is 0 Å². The van der Waals surface area contributed by atoms with E-state index in [9.17, 15) is 19.1 Å². The molecule has 0 bridgehead atoms. The summed E-state index contributed by atoms with van der Waals surface area (Å²) in [5.74, 6) is -1.85. The van der Waals surface area contributed by atoms with Gasteiger partial charge < -0.3 is 15.5 Å². The maximum absolute atomic E-state index is 13.6. The molecule has 1 amide bonds. The Morgan fingerprint density at radius 2 is 1.78 bits per heavy atom. The van der Waals surface area contributed by atoms with Crippen LogP contribution >= 0.6 is 0 Å². The van der Waals surface area contributed by atoms with Crippen molar-refractivity contribution in [1.29, 1.82) is 0 Å². The maximum Gasteiger partial charge on any atom is 0.305 e. The SMILES string of the molecule is Cc1cc(C)c(CNC(=O)CC(O)CC(=O)O)c(-c2ccc(F)c(C)c2)c1. The first-order valence-corrected chi connectivity index (χ1v) is 8.70. The van der Waals surface area contributed by atoms with E-state index < -0.39 is 24.4 Å². The first-order chi connectivity index (χ1) is 12.7. The summed E-state index contributed by atoms with van der Waals surface area (Å²) >= 11 is 0. The number of amides is 1. The summed E-state index contributed by atoms with van der Waals surface area (Å²) in [6.07, 6.45) is -1.97. The molecule has 0 saturated heterocycles. The van der Waals surface area contributed by atoms with Gasteiger partial charge in [0, 0.05) is 6.54 Å². The van der Waals surface area contributed by atoms with Crippen LogP contribution in [0, 0.1) is 26.6 Å². The van der Waals surface area contributed by atoms with Crippen LogP contribution in [0.25, 0.3) is 11.1 Å². The van der Waals surface area contributed by atoms with Crippen LogP contribution < -0.4 is 5.32 Å². The molecule has 2 rings (SSSR count). The highest BCUT2D eigenvalue weighted by Crippen LogP contribution is 2.29. The van der Waals surface area contributed by atoms with Crippen LogP contribution in [0.2, 0.25) is 0 Å². The number of aliphatic hydroxyl groups excluding tert-OH is 1. The number of hydrogen-bond acceptors (Lipinski definition) is 3. The van der Waals surface area contributed by atoms with Crippen LogP contribution in [0.3, 0.4) is 0 Å². The van der Waals surface area contributed by atoms with Crippen molar-refractivity contribution in [2.75, 3.05) is 0 Å². The molecule has 0 fully saturated rings. The molecular formula is C21H24FNO4. The normalized spacial score (nSPS) is 11.9. The highest BCUT2D eigenvalue weighted by atomic mass is 19.1. The van der Waals surface area contributed by atoms with E-state index in [1.807, 2.05) is 26.0 Å². The predicted molar refractivity (Wildman–Crippen MR) is 101 cm³/mol. The second kappa shape index (κ2) is 8.77. The van der Waals surface area contributed by atoms with E-state index in [0.29, 0.717) is 5.56 Å². The second-order valence-corrected chi connectivity index (χ2v) is 6.80. The number of carboxylic acid groups (broad SMARTS) is 1. The van der Waals surface area contributed by atoms with E-state index in [2.05, 4.69) is 5.32 Å². The zero-order valence-electron chi connectivity index (χ0n) is 15.7. The summed E-state index contributed by atoms with van der Waals surface area (Å²) in [6, 6.07) is 8.89. The smallest absolute Gasteiger partial charge is 0.305 e. The van der Waals surface area contributed by atoms with Crippen LogP contribution in [0.4, 0.5) is 4.39 Å². The topological polar surface area (TPSA) is 86.6 Å². The molecule has 5 nitrogen and oxygen atoms in total. The van der Waals surface area contributed by atoms with Crippen LogP contribution in [-0.4, -0.2) is 28.2 Å². The fraction of sp³-hybridized carbons (Fsp3) is 0.333. The number of aliphatic carboxylic acids is 1. The van der Waals surface area contributed by atoms with Crippen LogP contribution in [0.15, 0.2) is 30.3 Å². The minimum Gasteiger partial charge on any atom is -0.481 e. The molecule has 3 N–H and O–H groups in total. The third kappa shape index (κ3) is 5.62. The number of carbonyl (C=O) groups is 2. The fourth-order valence-corrected chi connectivity index (χ4v) is 3.05. The molecule has 6 heteroatoms. The number of halogens is 1. The van der Waals surface area contributed by atoms with E-state index in [1.54, 1.807) is 19.1 Å². The number of aliphatic hydroxyl groups is 1. The fourth-order valence-electron chi connectivity index (χ4n) is 3.05. The predicted octanol–water partition coefficient (Wildman–Crippen LogP) is 3.26. The van der Waals surface area contributed by atoms with Gasteiger partial charge in [-0.05, 0) is 60.7 Å². The molecule has 0 saturated carbocycles. The summed E-state index contributed by atoms with van der Waals surface area (Å²) in [5.41, 5.74) is 5.23. The Kier molecular flexibility index (Phi) is 6.69. The van der Waals surface area contributed by atoms with Gasteiger partial charge in [0.2, 0.25) is 5.91 Å². The summed E-state index contributed by atoms with van der Waals surface area (Å²) in [6.45, 7) is 5.84. The van der Waals surface area contributed by atoms with Gasteiger partial charge in [-0.3, -0.25) is 9.59 Å². The lowest BCUT2D eigenvalue weighted by atomic mass is 9.92. The minimum absolute atomic E-state index is 0.233. The largest absolute Gasteiger partial charge is 0.481 e. The van der Waals surface area contributed by atoms with Gasteiger partial charge in [-0.2, -0.15) is 0 Å². The Bertz CT molecular complexity index is 864. The summed E-state index contributed by atoms with van der Waals surface area (Å²) in [7, 11) is 0. The van der Waals surface area contributed by atoms with Gasteiger partial charge in [-0.1, -0.05) is 23.8 Å². The lowest BCUT2D eigenvalue weighted by Crippen LogP contribution is -2.28. The number of nitrogens with one attached hydrogen (secondary N) is 1. The van der Waals surface area contributed by atoms with Gasteiger partial charge >= 0.3 is 5.97 Å². The lowest BCUT2D eigenvalue weighted by molar-refractivity contribution is -0.139. The second-order valence-electron chi connectivity index (χ2n) is 6.80. The third-order valence-corrected chi connectivity index (χ3v) is 4.38. The Hall–Kier alpha value is -2.73. The highest BCUT2D eigenvalue weighted by molar-refractivity contribution is 5.78. The third-order valence-electron chi connectivity index (χ3n) is 4.38. The Morgan fingerprint density at radius 3 is 2.41 bits per heavy atom. The van der Waals surface area contributed by atoms with Gasteiger partial charge in [0.05, 0.1) is 18.9 Å². The molecule has 0 aliphatic carbocycles. The van der Waals surface area contributed by atoms with Crippen molar-refractivity contribution in [2.45, 2.75) is 46.3 Å². The van der Waals surface area contributed by atoms with Crippen LogP contribution in [0.5, 0.6) is 0 Å². The van der Waals surface area contributed by atoms with Gasteiger partial charge in [0.15, 0.2) is 0 Å². The van der Waals surface area contributed by atoms with Gasteiger partial charge in [-0.25, -0.2) is 4.39 Å². The molecule has 0 aliphatic rings. The van der Waals surface area contributed by atoms with Crippen molar-refractivity contribution in [3.8, 4) is 11.1 Å². The molecule has 0 aliphatic heterocycles. The molecule has 1 unspecified atom stereocenters. The minimum atomic E-state index is -1.22. The number of carbonyl (C=O) groups excluding carboxylic acids is 1. The molecule has 0 heterocycles. The number of hydrogen-bond donors (Lipinski definition) is 3. The molecule has 2 aromatic carbocycles. The lowest BCUT2D eigenvalue weighted by Gasteiger charge is -2.16.